The van der Waals surface area contributed by atoms with E-state index in [1.54, 1.807) is 14.0 Å². The van der Waals surface area contributed by atoms with Crippen LogP contribution in [0.1, 0.15) is 26.7 Å². The molecule has 7 nitrogen and oxygen atoms in total. The summed E-state index contributed by atoms with van der Waals surface area (Å²) in [5.41, 5.74) is 0.120. The van der Waals surface area contributed by atoms with Gasteiger partial charge in [-0.15, -0.1) is 0 Å². The van der Waals surface area contributed by atoms with Crippen molar-refractivity contribution >= 4 is 21.4 Å². The monoisotopic (exact) mass is 315 g/mol. The Bertz CT molecular complexity index is 601. The first-order valence-electron chi connectivity index (χ1n) is 6.84. The summed E-state index contributed by atoms with van der Waals surface area (Å²) in [5, 5.41) is 13.6. The second kappa shape index (κ2) is 7.37. The summed E-state index contributed by atoms with van der Waals surface area (Å²) in [6.07, 6.45) is 1.62. The summed E-state index contributed by atoms with van der Waals surface area (Å²) in [7, 11) is -2.17. The number of rotatable bonds is 8. The lowest BCUT2D eigenvalue weighted by atomic mass is 10.3. The van der Waals surface area contributed by atoms with Gasteiger partial charge >= 0.3 is 0 Å². The number of nitrogens with one attached hydrogen (secondary N) is 1. The topological polar surface area (TPSA) is 92.5 Å². The molecule has 1 rings (SSSR count). The molecule has 8 heteroatoms. The third-order valence-corrected chi connectivity index (χ3v) is 5.19. The summed E-state index contributed by atoms with van der Waals surface area (Å²) < 4.78 is 26.7. The summed E-state index contributed by atoms with van der Waals surface area (Å²) in [5.74, 6) is 0. The largest absolute Gasteiger partial charge is 0.387 e. The average Bonchev–Trinajstić information content (AvgIpc) is 2.47. The first-order valence-corrected chi connectivity index (χ1v) is 8.28. The third-order valence-electron chi connectivity index (χ3n) is 3.18. The van der Waals surface area contributed by atoms with Crippen molar-refractivity contribution in [1.29, 1.82) is 0 Å². The van der Waals surface area contributed by atoms with Gasteiger partial charge in [-0.05, 0) is 12.5 Å². The van der Waals surface area contributed by atoms with Crippen LogP contribution in [0.4, 0.5) is 11.4 Å². The van der Waals surface area contributed by atoms with Gasteiger partial charge in [0.1, 0.15) is 4.90 Å². The molecule has 0 aliphatic rings. The molecule has 0 radical (unpaired) electrons. The second-order valence-electron chi connectivity index (χ2n) is 4.54. The van der Waals surface area contributed by atoms with Crippen molar-refractivity contribution in [3.63, 3.8) is 0 Å². The Kier molecular flexibility index (Phi) is 6.10. The Hall–Kier alpha value is -1.67. The van der Waals surface area contributed by atoms with E-state index in [2.05, 4.69) is 5.32 Å². The molecule has 0 saturated heterocycles. The molecule has 0 fully saturated rings. The van der Waals surface area contributed by atoms with Crippen molar-refractivity contribution in [3.8, 4) is 0 Å². The highest BCUT2D eigenvalue weighted by Gasteiger charge is 2.27. The Morgan fingerprint density at radius 3 is 2.48 bits per heavy atom. The minimum absolute atomic E-state index is 0.0582. The van der Waals surface area contributed by atoms with Crippen LogP contribution >= 0.6 is 0 Å². The summed E-state index contributed by atoms with van der Waals surface area (Å²) in [6, 6.07) is 3.81. The molecule has 0 aromatic heterocycles. The second-order valence-corrected chi connectivity index (χ2v) is 6.44. The fourth-order valence-corrected chi connectivity index (χ4v) is 3.67. The molecule has 0 bridgehead atoms. The number of sulfonamides is 1. The highest BCUT2D eigenvalue weighted by Crippen LogP contribution is 2.28. The molecular weight excluding hydrogens is 294 g/mol. The van der Waals surface area contributed by atoms with E-state index < -0.39 is 14.9 Å². The van der Waals surface area contributed by atoms with Gasteiger partial charge in [0.15, 0.2) is 0 Å². The van der Waals surface area contributed by atoms with Gasteiger partial charge in [-0.3, -0.25) is 10.1 Å². The molecule has 0 unspecified atom stereocenters. The van der Waals surface area contributed by atoms with Crippen LogP contribution in [-0.4, -0.2) is 37.8 Å². The van der Waals surface area contributed by atoms with E-state index in [0.717, 1.165) is 18.9 Å². The highest BCUT2D eigenvalue weighted by molar-refractivity contribution is 7.89. The Balaban J connectivity index is 3.33. The van der Waals surface area contributed by atoms with Crippen LogP contribution in [0.15, 0.2) is 23.1 Å². The maximum atomic E-state index is 12.7. The maximum Gasteiger partial charge on any atom is 0.270 e. The Morgan fingerprint density at radius 2 is 2.00 bits per heavy atom. The minimum Gasteiger partial charge on any atom is -0.387 e. The lowest BCUT2D eigenvalue weighted by Crippen LogP contribution is -2.32. The van der Waals surface area contributed by atoms with Crippen molar-refractivity contribution in [1.82, 2.24) is 4.31 Å². The fraction of sp³-hybridized carbons (Fsp3) is 0.538. The summed E-state index contributed by atoms with van der Waals surface area (Å²) in [4.78, 5) is 10.2. The molecule has 0 atom stereocenters. The van der Waals surface area contributed by atoms with Gasteiger partial charge in [-0.25, -0.2) is 8.42 Å². The first kappa shape index (κ1) is 17.4. The van der Waals surface area contributed by atoms with Gasteiger partial charge in [0.25, 0.3) is 5.69 Å². The zero-order valence-corrected chi connectivity index (χ0v) is 13.3. The standard InChI is InChI=1S/C13H21N3O4S/c1-4-6-9-15(5-2)21(19,20)13-10-11(16(17)18)7-8-12(13)14-3/h7-8,10,14H,4-6,9H2,1-3H3. The van der Waals surface area contributed by atoms with E-state index >= 15 is 0 Å². The molecule has 1 aromatic rings. The number of nitro groups is 1. The van der Waals surface area contributed by atoms with Crippen LogP contribution in [0.3, 0.4) is 0 Å². The number of unbranched alkanes of at least 4 members (excludes halogenated alkanes) is 1. The predicted molar refractivity (Wildman–Crippen MR) is 82.0 cm³/mol. The van der Waals surface area contributed by atoms with Crippen molar-refractivity contribution in [2.75, 3.05) is 25.5 Å². The van der Waals surface area contributed by atoms with E-state index in [-0.39, 0.29) is 10.6 Å². The SMILES string of the molecule is CCCCN(CC)S(=O)(=O)c1cc([N+](=O)[O-])ccc1NC. The number of hydrogen-bond acceptors (Lipinski definition) is 5. The van der Waals surface area contributed by atoms with Crippen LogP contribution < -0.4 is 5.32 Å². The van der Waals surface area contributed by atoms with Crippen molar-refractivity contribution in [2.24, 2.45) is 0 Å². The number of benzene rings is 1. The van der Waals surface area contributed by atoms with E-state index in [9.17, 15) is 18.5 Å². The fourth-order valence-electron chi connectivity index (χ4n) is 1.97. The number of hydrogen-bond donors (Lipinski definition) is 1. The molecular formula is C13H21N3O4S. The number of nitro benzene ring substituents is 1. The smallest absolute Gasteiger partial charge is 0.270 e. The van der Waals surface area contributed by atoms with Gasteiger partial charge in [0.2, 0.25) is 10.0 Å². The zero-order chi connectivity index (χ0) is 16.0. The van der Waals surface area contributed by atoms with Gasteiger partial charge in [-0.1, -0.05) is 20.3 Å². The molecule has 1 N–H and O–H groups in total. The Labute approximate surface area is 125 Å². The van der Waals surface area contributed by atoms with Crippen LogP contribution in [0.25, 0.3) is 0 Å². The van der Waals surface area contributed by atoms with Crippen LogP contribution in [-0.2, 0) is 10.0 Å². The van der Waals surface area contributed by atoms with E-state index in [0.29, 0.717) is 18.8 Å². The van der Waals surface area contributed by atoms with E-state index in [1.165, 1.54) is 16.4 Å². The number of anilines is 1. The van der Waals surface area contributed by atoms with Gasteiger partial charge in [0.05, 0.1) is 10.6 Å². The normalized spacial score (nSPS) is 11.6. The molecule has 0 spiro atoms. The first-order chi connectivity index (χ1) is 9.88. The van der Waals surface area contributed by atoms with Gasteiger partial charge in [-0.2, -0.15) is 4.31 Å². The lowest BCUT2D eigenvalue weighted by molar-refractivity contribution is -0.385. The van der Waals surface area contributed by atoms with E-state index in [1.807, 2.05) is 6.92 Å². The van der Waals surface area contributed by atoms with Crippen LogP contribution in [0.5, 0.6) is 0 Å². The zero-order valence-electron chi connectivity index (χ0n) is 12.5. The molecule has 0 amide bonds. The van der Waals surface area contributed by atoms with Crippen molar-refractivity contribution in [2.45, 2.75) is 31.6 Å². The van der Waals surface area contributed by atoms with Crippen LogP contribution in [0.2, 0.25) is 0 Å². The number of non-ortho nitro benzene ring substituents is 1. The van der Waals surface area contributed by atoms with Crippen LogP contribution in [0, 0.1) is 10.1 Å². The lowest BCUT2D eigenvalue weighted by Gasteiger charge is -2.21. The minimum atomic E-state index is -3.76. The molecule has 0 aliphatic heterocycles. The van der Waals surface area contributed by atoms with E-state index in [4.69, 9.17) is 0 Å². The Morgan fingerprint density at radius 1 is 1.33 bits per heavy atom. The maximum absolute atomic E-state index is 12.7. The molecule has 0 saturated carbocycles. The average molecular weight is 315 g/mol. The molecule has 118 valence electrons. The van der Waals surface area contributed by atoms with Crippen molar-refractivity contribution < 1.29 is 13.3 Å². The molecule has 0 heterocycles. The molecule has 21 heavy (non-hydrogen) atoms. The predicted octanol–water partition coefficient (Wildman–Crippen LogP) is 2.45. The molecule has 1 aromatic carbocycles. The third kappa shape index (κ3) is 3.92. The van der Waals surface area contributed by atoms with Crippen molar-refractivity contribution in [3.05, 3.63) is 28.3 Å². The number of nitrogens with zero attached hydrogens (tertiary/aromatic N) is 2. The summed E-state index contributed by atoms with van der Waals surface area (Å²) >= 11 is 0. The molecule has 0 aliphatic carbocycles. The quantitative estimate of drug-likeness (QED) is 0.587. The van der Waals surface area contributed by atoms with Gasteiger partial charge in [0, 0.05) is 32.3 Å². The highest BCUT2D eigenvalue weighted by atomic mass is 32.2. The van der Waals surface area contributed by atoms with Gasteiger partial charge < -0.3 is 5.32 Å². The summed E-state index contributed by atoms with van der Waals surface area (Å²) in [6.45, 7) is 4.46.